The van der Waals surface area contributed by atoms with Crippen molar-refractivity contribution < 1.29 is 27.6 Å². The zero-order valence-corrected chi connectivity index (χ0v) is 13.0. The van der Waals surface area contributed by atoms with Gasteiger partial charge in [0.15, 0.2) is 11.6 Å². The summed E-state index contributed by atoms with van der Waals surface area (Å²) in [7, 11) is 1.39. The van der Waals surface area contributed by atoms with E-state index >= 15 is 0 Å². The van der Waals surface area contributed by atoms with E-state index in [0.717, 1.165) is 4.90 Å². The highest BCUT2D eigenvalue weighted by molar-refractivity contribution is 5.96. The van der Waals surface area contributed by atoms with Crippen molar-refractivity contribution in [1.82, 2.24) is 15.5 Å². The number of likely N-dealkylation sites (tertiary alicyclic amines) is 1. The minimum absolute atomic E-state index is 0.119. The number of rotatable bonds is 3. The monoisotopic (exact) mass is 343 g/mol. The van der Waals surface area contributed by atoms with Crippen molar-refractivity contribution in [1.29, 1.82) is 0 Å². The molecule has 9 heteroatoms. The maximum Gasteiger partial charge on any atom is 0.260 e. The molecule has 0 aliphatic carbocycles. The van der Waals surface area contributed by atoms with Crippen LogP contribution in [0.15, 0.2) is 12.1 Å². The van der Waals surface area contributed by atoms with Crippen LogP contribution in [0, 0.1) is 23.4 Å². The van der Waals surface area contributed by atoms with Gasteiger partial charge in [0.25, 0.3) is 5.91 Å². The molecule has 2 atom stereocenters. The van der Waals surface area contributed by atoms with Crippen molar-refractivity contribution in [3.63, 3.8) is 0 Å². The number of halogens is 3. The van der Waals surface area contributed by atoms with Gasteiger partial charge >= 0.3 is 0 Å². The predicted octanol–water partition coefficient (Wildman–Crippen LogP) is 0.427. The molecule has 0 spiro atoms. The predicted molar refractivity (Wildman–Crippen MR) is 77.4 cm³/mol. The van der Waals surface area contributed by atoms with Crippen LogP contribution in [0.1, 0.15) is 17.3 Å². The van der Waals surface area contributed by atoms with Crippen molar-refractivity contribution in [3.05, 3.63) is 35.1 Å². The van der Waals surface area contributed by atoms with Crippen LogP contribution in [0.2, 0.25) is 0 Å². The first-order valence-corrected chi connectivity index (χ1v) is 7.17. The number of carbonyl (C=O) groups is 3. The van der Waals surface area contributed by atoms with Gasteiger partial charge in [-0.05, 0) is 12.1 Å². The molecular weight excluding hydrogens is 327 g/mol. The van der Waals surface area contributed by atoms with Crippen LogP contribution in [0.25, 0.3) is 0 Å². The van der Waals surface area contributed by atoms with Crippen molar-refractivity contribution in [3.8, 4) is 0 Å². The smallest absolute Gasteiger partial charge is 0.260 e. The van der Waals surface area contributed by atoms with E-state index < -0.39 is 52.7 Å². The van der Waals surface area contributed by atoms with Gasteiger partial charge in [-0.25, -0.2) is 13.2 Å². The second kappa shape index (κ2) is 6.90. The Balaban J connectivity index is 2.30. The van der Waals surface area contributed by atoms with Gasteiger partial charge in [-0.2, -0.15) is 0 Å². The molecule has 6 nitrogen and oxygen atoms in total. The van der Waals surface area contributed by atoms with Crippen molar-refractivity contribution in [2.45, 2.75) is 13.0 Å². The molecule has 1 aromatic rings. The van der Waals surface area contributed by atoms with Gasteiger partial charge in [-0.15, -0.1) is 0 Å². The summed E-state index contributed by atoms with van der Waals surface area (Å²) in [5.74, 6) is -6.82. The van der Waals surface area contributed by atoms with E-state index in [-0.39, 0.29) is 13.1 Å². The molecule has 1 aliphatic rings. The number of carbonyl (C=O) groups excluding carboxylic acids is 3. The van der Waals surface area contributed by atoms with Crippen molar-refractivity contribution in [2.24, 2.45) is 5.92 Å². The minimum atomic E-state index is -1.58. The molecule has 1 heterocycles. The van der Waals surface area contributed by atoms with Gasteiger partial charge < -0.3 is 15.5 Å². The summed E-state index contributed by atoms with van der Waals surface area (Å²) in [6.45, 7) is 0.974. The van der Waals surface area contributed by atoms with E-state index in [9.17, 15) is 27.6 Å². The maximum atomic E-state index is 13.8. The van der Waals surface area contributed by atoms with Crippen LogP contribution in [0.4, 0.5) is 13.2 Å². The normalized spacial score (nSPS) is 20.0. The molecule has 130 valence electrons. The zero-order valence-electron chi connectivity index (χ0n) is 13.0. The first-order valence-electron chi connectivity index (χ1n) is 7.17. The van der Waals surface area contributed by atoms with Crippen LogP contribution >= 0.6 is 0 Å². The van der Waals surface area contributed by atoms with Gasteiger partial charge in [0.05, 0.1) is 12.0 Å². The van der Waals surface area contributed by atoms with E-state index in [0.29, 0.717) is 12.1 Å². The number of nitrogens with one attached hydrogen (secondary N) is 2. The number of hydrogen-bond acceptors (Lipinski definition) is 3. The minimum Gasteiger partial charge on any atom is -0.359 e. The molecule has 1 aromatic carbocycles. The summed E-state index contributed by atoms with van der Waals surface area (Å²) < 4.78 is 40.8. The van der Waals surface area contributed by atoms with Gasteiger partial charge in [-0.1, -0.05) is 0 Å². The zero-order chi connectivity index (χ0) is 18.0. The highest BCUT2D eigenvalue weighted by atomic mass is 19.2. The molecule has 0 aromatic heterocycles. The van der Waals surface area contributed by atoms with Crippen molar-refractivity contribution in [2.75, 3.05) is 20.1 Å². The third kappa shape index (κ3) is 3.34. The third-order valence-corrected chi connectivity index (χ3v) is 3.84. The lowest BCUT2D eigenvalue weighted by atomic mass is 10.0. The second-order valence-corrected chi connectivity index (χ2v) is 5.46. The summed E-state index contributed by atoms with van der Waals surface area (Å²) in [4.78, 5) is 36.5. The number of benzene rings is 1. The van der Waals surface area contributed by atoms with E-state index in [2.05, 4.69) is 10.6 Å². The van der Waals surface area contributed by atoms with Crippen LogP contribution in [0.5, 0.6) is 0 Å². The van der Waals surface area contributed by atoms with E-state index in [1.54, 1.807) is 0 Å². The lowest BCUT2D eigenvalue weighted by Crippen LogP contribution is -2.44. The number of nitrogens with zero attached hydrogens (tertiary/aromatic N) is 1. The Kier molecular flexibility index (Phi) is 5.10. The molecule has 1 aliphatic heterocycles. The Morgan fingerprint density at radius 2 is 1.75 bits per heavy atom. The summed E-state index contributed by atoms with van der Waals surface area (Å²) in [5.41, 5.74) is -1.02. The Morgan fingerprint density at radius 1 is 1.12 bits per heavy atom. The van der Waals surface area contributed by atoms with Crippen LogP contribution < -0.4 is 10.6 Å². The summed E-state index contributed by atoms with van der Waals surface area (Å²) in [6, 6.07) is 0.536. The van der Waals surface area contributed by atoms with Crippen molar-refractivity contribution >= 4 is 17.7 Å². The molecule has 2 N–H and O–H groups in total. The molecule has 0 bridgehead atoms. The summed E-state index contributed by atoms with van der Waals surface area (Å²) >= 11 is 0. The van der Waals surface area contributed by atoms with Crippen LogP contribution in [-0.2, 0) is 9.59 Å². The lowest BCUT2D eigenvalue weighted by molar-refractivity contribution is -0.125. The number of amides is 3. The Bertz CT molecular complexity index is 696. The van der Waals surface area contributed by atoms with E-state index in [1.165, 1.54) is 14.0 Å². The van der Waals surface area contributed by atoms with Crippen LogP contribution in [-0.4, -0.2) is 48.8 Å². The largest absolute Gasteiger partial charge is 0.359 e. The van der Waals surface area contributed by atoms with Gasteiger partial charge in [0, 0.05) is 27.1 Å². The highest BCUT2D eigenvalue weighted by Gasteiger charge is 2.41. The molecule has 2 rings (SSSR count). The number of hydrogen-bond donors (Lipinski definition) is 2. The standard InChI is InChI=1S/C15H16F3N3O3/c1-7(22)20-11-6-21(5-8(11)14(23)19-2)15(24)12-9(16)3-4-10(17)13(12)18/h3-4,8,11H,5-6H2,1-2H3,(H,19,23)(H,20,22)/t8-,11-/m0/s1. The van der Waals surface area contributed by atoms with Gasteiger partial charge in [0.2, 0.25) is 11.8 Å². The summed E-state index contributed by atoms with van der Waals surface area (Å²) in [5, 5.41) is 4.93. The van der Waals surface area contributed by atoms with Crippen LogP contribution in [0.3, 0.4) is 0 Å². The SMILES string of the molecule is CNC(=O)[C@H]1CN(C(=O)c2c(F)ccc(F)c2F)C[C@@H]1NC(C)=O. The Hall–Kier alpha value is -2.58. The molecule has 1 fully saturated rings. The molecule has 1 saturated heterocycles. The topological polar surface area (TPSA) is 78.5 Å². The maximum absolute atomic E-state index is 13.8. The lowest BCUT2D eigenvalue weighted by Gasteiger charge is -2.17. The fourth-order valence-corrected chi connectivity index (χ4v) is 2.71. The first-order chi connectivity index (χ1) is 11.3. The van der Waals surface area contributed by atoms with Gasteiger partial charge in [-0.3, -0.25) is 14.4 Å². The third-order valence-electron chi connectivity index (χ3n) is 3.84. The average molecular weight is 343 g/mol. The summed E-state index contributed by atoms with van der Waals surface area (Å²) in [6.07, 6.45) is 0. The Labute approximate surface area is 136 Å². The fourth-order valence-electron chi connectivity index (χ4n) is 2.71. The first kappa shape index (κ1) is 17.8. The molecular formula is C15H16F3N3O3. The quantitative estimate of drug-likeness (QED) is 0.781. The molecule has 24 heavy (non-hydrogen) atoms. The molecule has 0 radical (unpaired) electrons. The Morgan fingerprint density at radius 3 is 2.33 bits per heavy atom. The van der Waals surface area contributed by atoms with E-state index in [4.69, 9.17) is 0 Å². The molecule has 3 amide bonds. The molecule has 0 saturated carbocycles. The average Bonchev–Trinajstić information content (AvgIpc) is 2.93. The molecule has 0 unspecified atom stereocenters. The second-order valence-electron chi connectivity index (χ2n) is 5.46. The highest BCUT2D eigenvalue weighted by Crippen LogP contribution is 2.23. The van der Waals surface area contributed by atoms with Gasteiger partial charge in [0.1, 0.15) is 11.4 Å². The van der Waals surface area contributed by atoms with E-state index in [1.807, 2.05) is 0 Å². The fraction of sp³-hybridized carbons (Fsp3) is 0.400.